The highest BCUT2D eigenvalue weighted by molar-refractivity contribution is 7.98. The third-order valence-corrected chi connectivity index (χ3v) is 7.36. The van der Waals surface area contributed by atoms with E-state index in [1.54, 1.807) is 29.4 Å². The Hall–Kier alpha value is -2.39. The Balaban J connectivity index is 1.41. The number of hydrogen-bond donors (Lipinski definition) is 1. The molecule has 1 aliphatic rings. The maximum Gasteiger partial charge on any atom is 0.191 e. The summed E-state index contributed by atoms with van der Waals surface area (Å²) in [6, 6.07) is 1.91. The zero-order valence-electron chi connectivity index (χ0n) is 15.7. The first-order valence-corrected chi connectivity index (χ1v) is 11.1. The molecule has 4 aromatic rings. The van der Waals surface area contributed by atoms with E-state index in [4.69, 9.17) is 15.1 Å². The van der Waals surface area contributed by atoms with Crippen LogP contribution in [0.3, 0.4) is 0 Å². The van der Waals surface area contributed by atoms with Gasteiger partial charge in [0.25, 0.3) is 0 Å². The average molecular weight is 413 g/mol. The molecule has 4 heterocycles. The molecule has 0 saturated carbocycles. The van der Waals surface area contributed by atoms with Crippen molar-refractivity contribution in [1.82, 2.24) is 24.7 Å². The molecule has 9 heteroatoms. The van der Waals surface area contributed by atoms with Crippen LogP contribution >= 0.6 is 23.1 Å². The number of fused-ring (bicyclic) bond motifs is 3. The fourth-order valence-electron chi connectivity index (χ4n) is 3.72. The van der Waals surface area contributed by atoms with Crippen LogP contribution in [-0.4, -0.2) is 24.7 Å². The highest BCUT2D eigenvalue weighted by Gasteiger charge is 2.21. The van der Waals surface area contributed by atoms with Crippen molar-refractivity contribution in [1.29, 1.82) is 0 Å². The predicted molar refractivity (Wildman–Crippen MR) is 111 cm³/mol. The maximum atomic E-state index is 6.31. The summed E-state index contributed by atoms with van der Waals surface area (Å²) in [6.07, 6.45) is 6.36. The Morgan fingerprint density at radius 2 is 2.11 bits per heavy atom. The number of aromatic nitrogens is 5. The monoisotopic (exact) mass is 412 g/mol. The van der Waals surface area contributed by atoms with E-state index in [9.17, 15) is 0 Å². The largest absolute Gasteiger partial charge is 0.469 e. The lowest BCUT2D eigenvalue weighted by molar-refractivity contribution is 0.534. The van der Waals surface area contributed by atoms with Crippen LogP contribution in [0.15, 0.2) is 21.9 Å². The molecular formula is C19H20N6OS2. The minimum absolute atomic E-state index is 0.596. The van der Waals surface area contributed by atoms with Crippen LogP contribution < -0.4 is 5.73 Å². The molecule has 0 radical (unpaired) electrons. The molecular weight excluding hydrogens is 392 g/mol. The summed E-state index contributed by atoms with van der Waals surface area (Å²) in [7, 11) is 1.95. The first-order valence-electron chi connectivity index (χ1n) is 9.25. The van der Waals surface area contributed by atoms with Crippen LogP contribution in [0.1, 0.15) is 34.9 Å². The third kappa shape index (κ3) is 2.89. The Morgan fingerprint density at radius 1 is 1.25 bits per heavy atom. The number of aryl methyl sites for hydroxylation is 3. The number of furan rings is 1. The molecule has 0 unspecified atom stereocenters. The molecule has 0 spiro atoms. The summed E-state index contributed by atoms with van der Waals surface area (Å²) >= 11 is 3.33. The molecule has 1 aliphatic carbocycles. The number of rotatable bonds is 4. The van der Waals surface area contributed by atoms with Crippen LogP contribution in [0.25, 0.3) is 21.6 Å². The summed E-state index contributed by atoms with van der Waals surface area (Å²) in [4.78, 5) is 11.8. The van der Waals surface area contributed by atoms with Crippen molar-refractivity contribution in [3.63, 3.8) is 0 Å². The van der Waals surface area contributed by atoms with Crippen molar-refractivity contribution in [2.45, 2.75) is 43.5 Å². The molecule has 5 rings (SSSR count). The van der Waals surface area contributed by atoms with Crippen LogP contribution in [0.5, 0.6) is 0 Å². The average Bonchev–Trinajstić information content (AvgIpc) is 3.36. The molecule has 0 bridgehead atoms. The van der Waals surface area contributed by atoms with Gasteiger partial charge in [-0.3, -0.25) is 0 Å². The molecule has 4 aromatic heterocycles. The number of thioether (sulfide) groups is 1. The lowest BCUT2D eigenvalue weighted by Crippen LogP contribution is -2.03. The van der Waals surface area contributed by atoms with Crippen molar-refractivity contribution in [3.05, 3.63) is 34.4 Å². The lowest BCUT2D eigenvalue weighted by Gasteiger charge is -2.10. The zero-order valence-corrected chi connectivity index (χ0v) is 17.4. The van der Waals surface area contributed by atoms with E-state index in [1.807, 2.05) is 24.6 Å². The quantitative estimate of drug-likeness (QED) is 0.503. The van der Waals surface area contributed by atoms with Gasteiger partial charge in [0.2, 0.25) is 0 Å². The molecule has 0 fully saturated rings. The van der Waals surface area contributed by atoms with Gasteiger partial charge in [-0.15, -0.1) is 21.5 Å². The fraction of sp³-hybridized carbons (Fsp3) is 0.368. The minimum Gasteiger partial charge on any atom is -0.469 e. The number of nitrogen functional groups attached to an aromatic ring is 1. The standard InChI is InChI=1S/C19H20N6OS2/c1-10-11(7-8-26-10)17-23-24-19(25(17)2)27-9-14-21-16(20)15-12-5-3-4-6-13(12)28-18(15)22-14/h7-8H,3-6,9H2,1-2H3,(H2,20,21,22). The SMILES string of the molecule is Cc1occc1-c1nnc(SCc2nc(N)c3c4c(sc3n2)CCCC4)n1C. The summed E-state index contributed by atoms with van der Waals surface area (Å²) in [6.45, 7) is 1.92. The normalized spacial score (nSPS) is 13.9. The van der Waals surface area contributed by atoms with E-state index < -0.39 is 0 Å². The van der Waals surface area contributed by atoms with Crippen LogP contribution in [-0.2, 0) is 25.6 Å². The summed E-state index contributed by atoms with van der Waals surface area (Å²) in [5, 5.41) is 10.5. The molecule has 7 nitrogen and oxygen atoms in total. The second-order valence-electron chi connectivity index (χ2n) is 6.96. The van der Waals surface area contributed by atoms with E-state index in [0.29, 0.717) is 11.6 Å². The Labute approximate surface area is 170 Å². The number of thiophene rings is 1. The third-order valence-electron chi connectivity index (χ3n) is 5.15. The number of nitrogens with two attached hydrogens (primary N) is 1. The van der Waals surface area contributed by atoms with Crippen molar-refractivity contribution in [3.8, 4) is 11.4 Å². The summed E-state index contributed by atoms with van der Waals surface area (Å²) < 4.78 is 7.35. The highest BCUT2D eigenvalue weighted by atomic mass is 32.2. The smallest absolute Gasteiger partial charge is 0.191 e. The zero-order chi connectivity index (χ0) is 19.3. The second-order valence-corrected chi connectivity index (χ2v) is 8.99. The van der Waals surface area contributed by atoms with Gasteiger partial charge in [0.05, 0.1) is 23.0 Å². The van der Waals surface area contributed by atoms with Crippen molar-refractivity contribution in [2.24, 2.45) is 7.05 Å². The molecule has 0 aromatic carbocycles. The fourth-order valence-corrected chi connectivity index (χ4v) is 5.77. The van der Waals surface area contributed by atoms with E-state index in [-0.39, 0.29) is 0 Å². The highest BCUT2D eigenvalue weighted by Crippen LogP contribution is 2.38. The van der Waals surface area contributed by atoms with E-state index in [1.165, 1.54) is 23.3 Å². The molecule has 0 amide bonds. The summed E-state index contributed by atoms with van der Waals surface area (Å²) in [5.41, 5.74) is 8.64. The number of hydrogen-bond acceptors (Lipinski definition) is 8. The van der Waals surface area contributed by atoms with Gasteiger partial charge in [-0.1, -0.05) is 11.8 Å². The summed E-state index contributed by atoms with van der Waals surface area (Å²) in [5.74, 6) is 3.55. The van der Waals surface area contributed by atoms with Gasteiger partial charge in [-0.2, -0.15) is 0 Å². The molecule has 144 valence electrons. The van der Waals surface area contributed by atoms with Gasteiger partial charge < -0.3 is 14.7 Å². The molecule has 0 atom stereocenters. The van der Waals surface area contributed by atoms with Gasteiger partial charge in [0, 0.05) is 11.9 Å². The Kier molecular flexibility index (Phi) is 4.36. The van der Waals surface area contributed by atoms with E-state index in [2.05, 4.69) is 15.2 Å². The van der Waals surface area contributed by atoms with Crippen molar-refractivity contribution >= 4 is 39.1 Å². The second kappa shape index (κ2) is 6.89. The van der Waals surface area contributed by atoms with Crippen molar-refractivity contribution in [2.75, 3.05) is 5.73 Å². The van der Waals surface area contributed by atoms with Crippen LogP contribution in [0.2, 0.25) is 0 Å². The number of nitrogens with zero attached hydrogens (tertiary/aromatic N) is 5. The van der Waals surface area contributed by atoms with Gasteiger partial charge in [0.15, 0.2) is 11.0 Å². The van der Waals surface area contributed by atoms with Gasteiger partial charge in [0.1, 0.15) is 22.2 Å². The molecule has 0 saturated heterocycles. The van der Waals surface area contributed by atoms with Gasteiger partial charge in [-0.05, 0) is 44.2 Å². The molecule has 28 heavy (non-hydrogen) atoms. The molecule has 2 N–H and O–H groups in total. The van der Waals surface area contributed by atoms with Crippen LogP contribution in [0.4, 0.5) is 5.82 Å². The lowest BCUT2D eigenvalue weighted by atomic mass is 9.97. The topological polar surface area (TPSA) is 95.7 Å². The predicted octanol–water partition coefficient (Wildman–Crippen LogP) is 4.14. The van der Waals surface area contributed by atoms with Gasteiger partial charge in [-0.25, -0.2) is 9.97 Å². The van der Waals surface area contributed by atoms with E-state index in [0.717, 1.165) is 51.2 Å². The first-order chi connectivity index (χ1) is 13.6. The number of anilines is 1. The van der Waals surface area contributed by atoms with Crippen molar-refractivity contribution < 1.29 is 4.42 Å². The van der Waals surface area contributed by atoms with Gasteiger partial charge >= 0.3 is 0 Å². The first kappa shape index (κ1) is 17.7. The Morgan fingerprint density at radius 3 is 2.93 bits per heavy atom. The van der Waals surface area contributed by atoms with E-state index >= 15 is 0 Å². The maximum absolute atomic E-state index is 6.31. The van der Waals surface area contributed by atoms with Crippen LogP contribution in [0, 0.1) is 6.92 Å². The minimum atomic E-state index is 0.596. The molecule has 0 aliphatic heterocycles. The Bertz CT molecular complexity index is 1170.